The Kier molecular flexibility index (Phi) is 4.22. The van der Waals surface area contributed by atoms with Gasteiger partial charge in [-0.05, 0) is 24.1 Å². The van der Waals surface area contributed by atoms with Gasteiger partial charge in [-0.15, -0.1) is 0 Å². The number of hydrogen-bond donors (Lipinski definition) is 2. The van der Waals surface area contributed by atoms with E-state index in [9.17, 15) is 9.90 Å². The van der Waals surface area contributed by atoms with Gasteiger partial charge >= 0.3 is 0 Å². The molecule has 18 heavy (non-hydrogen) atoms. The molecule has 1 heterocycles. The number of rotatable bonds is 2. The number of aliphatic hydroxyl groups excluding tert-OH is 1. The van der Waals surface area contributed by atoms with Gasteiger partial charge in [0.05, 0.1) is 12.5 Å². The number of aliphatic hydroxyl groups is 1. The molecule has 2 rings (SSSR count). The minimum absolute atomic E-state index is 0.00298. The molecule has 98 valence electrons. The summed E-state index contributed by atoms with van der Waals surface area (Å²) in [5.74, 6) is 0.00298. The molecule has 0 spiro atoms. The number of β-amino-alcohol motifs (C(OH)–C–C–N with tert-alkyl or cyclic N) is 1. The van der Waals surface area contributed by atoms with Crippen molar-refractivity contribution >= 4 is 17.5 Å². The first-order valence-corrected chi connectivity index (χ1v) is 6.40. The van der Waals surface area contributed by atoms with Gasteiger partial charge < -0.3 is 15.7 Å². The summed E-state index contributed by atoms with van der Waals surface area (Å²) >= 11 is 5.87. The summed E-state index contributed by atoms with van der Waals surface area (Å²) in [7, 11) is 0. The van der Waals surface area contributed by atoms with Crippen LogP contribution >= 0.6 is 11.6 Å². The van der Waals surface area contributed by atoms with E-state index in [2.05, 4.69) is 0 Å². The Morgan fingerprint density at radius 1 is 1.56 bits per heavy atom. The second-order valence-corrected chi connectivity index (χ2v) is 5.10. The van der Waals surface area contributed by atoms with Crippen LogP contribution in [0.1, 0.15) is 12.0 Å². The number of piperidine rings is 1. The van der Waals surface area contributed by atoms with Crippen LogP contribution in [-0.4, -0.2) is 41.1 Å². The van der Waals surface area contributed by atoms with E-state index >= 15 is 0 Å². The maximum absolute atomic E-state index is 12.1. The number of hydrogen-bond acceptors (Lipinski definition) is 3. The maximum Gasteiger partial charge on any atom is 0.227 e. The molecule has 1 aromatic rings. The summed E-state index contributed by atoms with van der Waals surface area (Å²) in [5.41, 5.74) is 6.59. The van der Waals surface area contributed by atoms with Crippen LogP contribution in [0, 0.1) is 0 Å². The molecule has 0 unspecified atom stereocenters. The van der Waals surface area contributed by atoms with Crippen molar-refractivity contribution in [1.29, 1.82) is 0 Å². The second kappa shape index (κ2) is 5.69. The van der Waals surface area contributed by atoms with Crippen LogP contribution in [0.2, 0.25) is 5.02 Å². The first-order valence-electron chi connectivity index (χ1n) is 6.02. The van der Waals surface area contributed by atoms with Gasteiger partial charge in [0.1, 0.15) is 0 Å². The molecule has 0 aliphatic carbocycles. The summed E-state index contributed by atoms with van der Waals surface area (Å²) in [4.78, 5) is 13.7. The number of nitrogens with zero attached hydrogens (tertiary/aromatic N) is 1. The number of likely N-dealkylation sites (tertiary alicyclic amines) is 1. The van der Waals surface area contributed by atoms with Gasteiger partial charge in [-0.3, -0.25) is 4.79 Å². The van der Waals surface area contributed by atoms with Crippen LogP contribution < -0.4 is 5.73 Å². The lowest BCUT2D eigenvalue weighted by molar-refractivity contribution is -0.133. The monoisotopic (exact) mass is 268 g/mol. The van der Waals surface area contributed by atoms with Crippen molar-refractivity contribution in [2.24, 2.45) is 5.73 Å². The van der Waals surface area contributed by atoms with E-state index in [0.717, 1.165) is 5.56 Å². The van der Waals surface area contributed by atoms with Crippen LogP contribution in [0.3, 0.4) is 0 Å². The normalized spacial score (nSPS) is 24.1. The fourth-order valence-electron chi connectivity index (χ4n) is 2.11. The Morgan fingerprint density at radius 3 is 3.00 bits per heavy atom. The Balaban J connectivity index is 1.96. The number of nitrogens with two attached hydrogens (primary N) is 1. The van der Waals surface area contributed by atoms with E-state index in [1.54, 1.807) is 17.0 Å². The third-order valence-electron chi connectivity index (χ3n) is 3.23. The van der Waals surface area contributed by atoms with E-state index < -0.39 is 6.10 Å². The zero-order valence-electron chi connectivity index (χ0n) is 10.1. The smallest absolute Gasteiger partial charge is 0.227 e. The lowest BCUT2D eigenvalue weighted by Gasteiger charge is -2.34. The van der Waals surface area contributed by atoms with Crippen LogP contribution in [0.4, 0.5) is 0 Å². The van der Waals surface area contributed by atoms with Gasteiger partial charge in [0.2, 0.25) is 5.91 Å². The molecule has 0 saturated carbocycles. The van der Waals surface area contributed by atoms with Crippen LogP contribution in [0.15, 0.2) is 24.3 Å². The van der Waals surface area contributed by atoms with Crippen LogP contribution in [0.5, 0.6) is 0 Å². The van der Waals surface area contributed by atoms with Gasteiger partial charge in [-0.1, -0.05) is 23.7 Å². The molecular weight excluding hydrogens is 252 g/mol. The summed E-state index contributed by atoms with van der Waals surface area (Å²) in [6, 6.07) is 7.03. The van der Waals surface area contributed by atoms with E-state index in [1.807, 2.05) is 12.1 Å². The number of halogens is 1. The first kappa shape index (κ1) is 13.3. The quantitative estimate of drug-likeness (QED) is 0.834. The summed E-state index contributed by atoms with van der Waals surface area (Å²) in [6.45, 7) is 0.929. The van der Waals surface area contributed by atoms with Gasteiger partial charge in [0.15, 0.2) is 0 Å². The minimum atomic E-state index is -0.623. The van der Waals surface area contributed by atoms with Crippen LogP contribution in [-0.2, 0) is 11.2 Å². The van der Waals surface area contributed by atoms with Crippen molar-refractivity contribution in [2.45, 2.75) is 25.0 Å². The van der Waals surface area contributed by atoms with E-state index in [0.29, 0.717) is 31.0 Å². The Bertz CT molecular complexity index is 439. The van der Waals surface area contributed by atoms with Gasteiger partial charge in [-0.25, -0.2) is 0 Å². The molecule has 1 saturated heterocycles. The SMILES string of the molecule is N[C@@H]1CCN(C(=O)Cc2cccc(Cl)c2)C[C@H]1O. The highest BCUT2D eigenvalue weighted by molar-refractivity contribution is 6.30. The zero-order valence-corrected chi connectivity index (χ0v) is 10.8. The van der Waals surface area contributed by atoms with Crippen molar-refractivity contribution in [2.75, 3.05) is 13.1 Å². The fraction of sp³-hybridized carbons (Fsp3) is 0.462. The second-order valence-electron chi connectivity index (χ2n) is 4.67. The van der Waals surface area contributed by atoms with Gasteiger partial charge in [-0.2, -0.15) is 0 Å². The predicted molar refractivity (Wildman–Crippen MR) is 70.3 cm³/mol. The molecule has 0 radical (unpaired) electrons. The lowest BCUT2D eigenvalue weighted by atomic mass is 10.0. The maximum atomic E-state index is 12.1. The minimum Gasteiger partial charge on any atom is -0.390 e. The van der Waals surface area contributed by atoms with E-state index in [1.165, 1.54) is 0 Å². The van der Waals surface area contributed by atoms with Crippen molar-refractivity contribution in [3.05, 3.63) is 34.9 Å². The van der Waals surface area contributed by atoms with Gasteiger partial charge in [0.25, 0.3) is 0 Å². The van der Waals surface area contributed by atoms with Gasteiger partial charge in [0, 0.05) is 24.2 Å². The number of carbonyl (C=O) groups is 1. The summed E-state index contributed by atoms with van der Waals surface area (Å²) in [6.07, 6.45) is 0.326. The predicted octanol–water partition coefficient (Wildman–Crippen LogP) is 0.803. The highest BCUT2D eigenvalue weighted by Gasteiger charge is 2.27. The molecule has 0 aromatic heterocycles. The summed E-state index contributed by atoms with van der Waals surface area (Å²) < 4.78 is 0. The number of benzene rings is 1. The largest absolute Gasteiger partial charge is 0.390 e. The molecule has 5 heteroatoms. The Hall–Kier alpha value is -1.10. The topological polar surface area (TPSA) is 66.6 Å². The Morgan fingerprint density at radius 2 is 2.33 bits per heavy atom. The van der Waals surface area contributed by atoms with Crippen LogP contribution in [0.25, 0.3) is 0 Å². The lowest BCUT2D eigenvalue weighted by Crippen LogP contribution is -2.52. The molecule has 1 aliphatic rings. The van der Waals surface area contributed by atoms with Crippen molar-refractivity contribution in [3.63, 3.8) is 0 Å². The molecule has 4 nitrogen and oxygen atoms in total. The average molecular weight is 269 g/mol. The molecule has 0 bridgehead atoms. The molecular formula is C13H17ClN2O2. The number of carbonyl (C=O) groups excluding carboxylic acids is 1. The van der Waals surface area contributed by atoms with E-state index in [-0.39, 0.29) is 11.9 Å². The zero-order chi connectivity index (χ0) is 13.1. The average Bonchev–Trinajstić information content (AvgIpc) is 2.32. The fourth-order valence-corrected chi connectivity index (χ4v) is 2.32. The van der Waals surface area contributed by atoms with Crippen molar-refractivity contribution < 1.29 is 9.90 Å². The van der Waals surface area contributed by atoms with E-state index in [4.69, 9.17) is 17.3 Å². The number of amides is 1. The molecule has 3 N–H and O–H groups in total. The molecule has 1 fully saturated rings. The first-order chi connectivity index (χ1) is 8.56. The third kappa shape index (κ3) is 3.22. The molecule has 1 amide bonds. The molecule has 2 atom stereocenters. The highest BCUT2D eigenvalue weighted by Crippen LogP contribution is 2.14. The molecule has 1 aliphatic heterocycles. The van der Waals surface area contributed by atoms with Crippen molar-refractivity contribution in [1.82, 2.24) is 4.90 Å². The molecule has 1 aromatic carbocycles. The standard InChI is InChI=1S/C13H17ClN2O2/c14-10-3-1-2-9(6-10)7-13(18)16-5-4-11(15)12(17)8-16/h1-3,6,11-12,17H,4-5,7-8,15H2/t11-,12-/m1/s1. The Labute approximate surface area is 111 Å². The summed E-state index contributed by atoms with van der Waals surface area (Å²) in [5, 5.41) is 10.3. The highest BCUT2D eigenvalue weighted by atomic mass is 35.5. The van der Waals surface area contributed by atoms with Crippen molar-refractivity contribution in [3.8, 4) is 0 Å². The third-order valence-corrected chi connectivity index (χ3v) is 3.47.